The standard InChI is InChI=1S/C13H19N3O4S/c1-7(2)11(9-4-3-5-21-9)16-13(20)15-8(12(18)19)6-10(14)17/h3-5,7-8,11H,6H2,1-2H3,(H2,14,17)(H,18,19)(H2,15,16,20)/t8-,11?/m1/s1. The Morgan fingerprint density at radius 3 is 2.43 bits per heavy atom. The summed E-state index contributed by atoms with van der Waals surface area (Å²) < 4.78 is 0. The smallest absolute Gasteiger partial charge is 0.326 e. The third kappa shape index (κ3) is 5.42. The summed E-state index contributed by atoms with van der Waals surface area (Å²) in [5.41, 5.74) is 4.96. The van der Waals surface area contributed by atoms with E-state index in [0.717, 1.165) is 4.88 Å². The first-order valence-electron chi connectivity index (χ1n) is 6.42. The van der Waals surface area contributed by atoms with Crippen LogP contribution in [0.3, 0.4) is 0 Å². The van der Waals surface area contributed by atoms with Gasteiger partial charge >= 0.3 is 12.0 Å². The van der Waals surface area contributed by atoms with Crippen molar-refractivity contribution in [3.8, 4) is 0 Å². The van der Waals surface area contributed by atoms with E-state index in [-0.39, 0.29) is 12.0 Å². The molecule has 116 valence electrons. The van der Waals surface area contributed by atoms with Gasteiger partial charge in [-0.15, -0.1) is 11.3 Å². The molecule has 1 rings (SSSR count). The Kier molecular flexibility index (Phi) is 6.16. The molecule has 0 aliphatic rings. The van der Waals surface area contributed by atoms with Crippen molar-refractivity contribution in [1.29, 1.82) is 0 Å². The number of thiophene rings is 1. The lowest BCUT2D eigenvalue weighted by Gasteiger charge is -2.22. The molecule has 21 heavy (non-hydrogen) atoms. The lowest BCUT2D eigenvalue weighted by molar-refractivity contribution is -0.140. The van der Waals surface area contributed by atoms with Crippen LogP contribution in [0, 0.1) is 5.92 Å². The average Bonchev–Trinajstić information content (AvgIpc) is 2.87. The van der Waals surface area contributed by atoms with Crippen LogP contribution in [0.2, 0.25) is 0 Å². The molecule has 0 bridgehead atoms. The SMILES string of the molecule is CC(C)C(NC(=O)N[C@H](CC(N)=O)C(=O)O)c1cccs1. The molecular weight excluding hydrogens is 294 g/mol. The number of carboxylic acids is 1. The Hall–Kier alpha value is -2.09. The molecule has 0 saturated heterocycles. The summed E-state index contributed by atoms with van der Waals surface area (Å²) in [5.74, 6) is -1.96. The zero-order chi connectivity index (χ0) is 16.0. The third-order valence-corrected chi connectivity index (χ3v) is 3.77. The fraction of sp³-hybridized carbons (Fsp3) is 0.462. The summed E-state index contributed by atoms with van der Waals surface area (Å²) in [6.45, 7) is 3.89. The van der Waals surface area contributed by atoms with E-state index in [1.165, 1.54) is 11.3 Å². The first-order chi connectivity index (χ1) is 9.81. The number of primary amides is 1. The summed E-state index contributed by atoms with van der Waals surface area (Å²) in [5, 5.41) is 15.8. The Bertz CT molecular complexity index is 502. The summed E-state index contributed by atoms with van der Waals surface area (Å²) in [4.78, 5) is 34.7. The highest BCUT2D eigenvalue weighted by Crippen LogP contribution is 2.25. The van der Waals surface area contributed by atoms with Crippen molar-refractivity contribution in [2.45, 2.75) is 32.4 Å². The van der Waals surface area contributed by atoms with Gasteiger partial charge in [-0.3, -0.25) is 4.79 Å². The van der Waals surface area contributed by atoms with Crippen molar-refractivity contribution < 1.29 is 19.5 Å². The zero-order valence-electron chi connectivity index (χ0n) is 11.8. The first kappa shape index (κ1) is 17.0. The largest absolute Gasteiger partial charge is 0.480 e. The van der Waals surface area contributed by atoms with Crippen LogP contribution in [0.4, 0.5) is 4.79 Å². The van der Waals surface area contributed by atoms with Crippen molar-refractivity contribution in [3.63, 3.8) is 0 Å². The van der Waals surface area contributed by atoms with Crippen molar-refractivity contribution in [2.24, 2.45) is 11.7 Å². The molecule has 0 radical (unpaired) electrons. The van der Waals surface area contributed by atoms with Crippen molar-refractivity contribution in [1.82, 2.24) is 10.6 Å². The van der Waals surface area contributed by atoms with Gasteiger partial charge in [0.25, 0.3) is 0 Å². The summed E-state index contributed by atoms with van der Waals surface area (Å²) >= 11 is 1.50. The Morgan fingerprint density at radius 2 is 2.00 bits per heavy atom. The first-order valence-corrected chi connectivity index (χ1v) is 7.30. The molecule has 3 amide bonds. The number of urea groups is 1. The van der Waals surface area contributed by atoms with Crippen LogP contribution < -0.4 is 16.4 Å². The number of amides is 3. The Morgan fingerprint density at radius 1 is 1.33 bits per heavy atom. The van der Waals surface area contributed by atoms with E-state index < -0.39 is 30.4 Å². The highest BCUT2D eigenvalue weighted by molar-refractivity contribution is 7.10. The summed E-state index contributed by atoms with van der Waals surface area (Å²) in [7, 11) is 0. The van der Waals surface area contributed by atoms with Crippen LogP contribution in [0.5, 0.6) is 0 Å². The monoisotopic (exact) mass is 313 g/mol. The average molecular weight is 313 g/mol. The quantitative estimate of drug-likeness (QED) is 0.601. The minimum absolute atomic E-state index is 0.133. The molecule has 1 aromatic heterocycles. The van der Waals surface area contributed by atoms with E-state index in [4.69, 9.17) is 10.8 Å². The van der Waals surface area contributed by atoms with E-state index in [0.29, 0.717) is 0 Å². The fourth-order valence-electron chi connectivity index (χ4n) is 1.78. The lowest BCUT2D eigenvalue weighted by Crippen LogP contribution is -2.48. The van der Waals surface area contributed by atoms with Gasteiger partial charge in [0.15, 0.2) is 0 Å². The van der Waals surface area contributed by atoms with Gasteiger partial charge in [0.1, 0.15) is 6.04 Å². The number of carbonyl (C=O) groups excluding carboxylic acids is 2. The molecule has 1 unspecified atom stereocenters. The predicted octanol–water partition coefficient (Wildman–Crippen LogP) is 1.07. The van der Waals surface area contributed by atoms with E-state index in [2.05, 4.69) is 10.6 Å². The highest BCUT2D eigenvalue weighted by Gasteiger charge is 2.25. The maximum absolute atomic E-state index is 11.9. The highest BCUT2D eigenvalue weighted by atomic mass is 32.1. The van der Waals surface area contributed by atoms with Gasteiger partial charge in [-0.05, 0) is 17.4 Å². The van der Waals surface area contributed by atoms with Crippen molar-refractivity contribution >= 4 is 29.2 Å². The van der Waals surface area contributed by atoms with Crippen molar-refractivity contribution in [3.05, 3.63) is 22.4 Å². The summed E-state index contributed by atoms with van der Waals surface area (Å²) in [6.07, 6.45) is -0.450. The minimum atomic E-state index is -1.33. The molecule has 0 fully saturated rings. The third-order valence-electron chi connectivity index (χ3n) is 2.81. The van der Waals surface area contributed by atoms with Gasteiger partial charge in [0.05, 0.1) is 12.5 Å². The maximum Gasteiger partial charge on any atom is 0.326 e. The second kappa shape index (κ2) is 7.63. The van der Waals surface area contributed by atoms with Gasteiger partial charge in [0.2, 0.25) is 5.91 Å². The summed E-state index contributed by atoms with van der Waals surface area (Å²) in [6, 6.07) is 1.57. The molecule has 0 saturated carbocycles. The number of nitrogens with two attached hydrogens (primary N) is 1. The molecule has 1 aromatic rings. The van der Waals surface area contributed by atoms with Gasteiger partial charge in [-0.1, -0.05) is 19.9 Å². The minimum Gasteiger partial charge on any atom is -0.480 e. The molecule has 0 aliphatic carbocycles. The number of hydrogen-bond donors (Lipinski definition) is 4. The number of carbonyl (C=O) groups is 3. The molecule has 0 aromatic carbocycles. The van der Waals surface area contributed by atoms with Gasteiger partial charge in [0, 0.05) is 4.88 Å². The molecule has 0 aliphatic heterocycles. The van der Waals surface area contributed by atoms with Crippen LogP contribution in [-0.4, -0.2) is 29.1 Å². The van der Waals surface area contributed by atoms with Crippen molar-refractivity contribution in [2.75, 3.05) is 0 Å². The second-order valence-corrected chi connectivity index (χ2v) is 5.90. The lowest BCUT2D eigenvalue weighted by atomic mass is 10.0. The van der Waals surface area contributed by atoms with Gasteiger partial charge < -0.3 is 21.5 Å². The number of aliphatic carboxylic acids is 1. The van der Waals surface area contributed by atoms with Crippen LogP contribution >= 0.6 is 11.3 Å². The zero-order valence-corrected chi connectivity index (χ0v) is 12.6. The topological polar surface area (TPSA) is 122 Å². The molecule has 7 nitrogen and oxygen atoms in total. The van der Waals surface area contributed by atoms with E-state index in [9.17, 15) is 14.4 Å². The van der Waals surface area contributed by atoms with E-state index in [1.807, 2.05) is 31.4 Å². The molecule has 1 heterocycles. The maximum atomic E-state index is 11.9. The molecule has 0 spiro atoms. The molecular formula is C13H19N3O4S. The van der Waals surface area contributed by atoms with E-state index in [1.54, 1.807) is 0 Å². The Labute approximate surface area is 126 Å². The van der Waals surface area contributed by atoms with Crippen LogP contribution in [-0.2, 0) is 9.59 Å². The number of carboxylic acid groups (broad SMARTS) is 1. The normalized spacial score (nSPS) is 13.5. The van der Waals surface area contributed by atoms with Crippen LogP contribution in [0.25, 0.3) is 0 Å². The number of nitrogens with one attached hydrogen (secondary N) is 2. The van der Waals surface area contributed by atoms with Crippen LogP contribution in [0.1, 0.15) is 31.2 Å². The van der Waals surface area contributed by atoms with Crippen LogP contribution in [0.15, 0.2) is 17.5 Å². The number of hydrogen-bond acceptors (Lipinski definition) is 4. The fourth-order valence-corrected chi connectivity index (χ4v) is 2.73. The van der Waals surface area contributed by atoms with Gasteiger partial charge in [-0.2, -0.15) is 0 Å². The molecule has 5 N–H and O–H groups in total. The predicted molar refractivity (Wildman–Crippen MR) is 78.8 cm³/mol. The number of rotatable bonds is 7. The molecule has 2 atom stereocenters. The molecule has 8 heteroatoms. The van der Waals surface area contributed by atoms with E-state index >= 15 is 0 Å². The second-order valence-electron chi connectivity index (χ2n) is 4.92. The Balaban J connectivity index is 2.69. The van der Waals surface area contributed by atoms with Gasteiger partial charge in [-0.25, -0.2) is 9.59 Å².